The van der Waals surface area contributed by atoms with Crippen LogP contribution in [-0.4, -0.2) is 91.2 Å². The molecule has 10 heteroatoms. The van der Waals surface area contributed by atoms with E-state index in [1.807, 2.05) is 12.1 Å². The number of likely N-dealkylation sites (tertiary alicyclic amines) is 1. The molecule has 4 heterocycles. The molecule has 3 aromatic rings. The van der Waals surface area contributed by atoms with Crippen molar-refractivity contribution in [2.24, 2.45) is 0 Å². The third kappa shape index (κ3) is 5.69. The Bertz CT molecular complexity index is 1550. The van der Waals surface area contributed by atoms with Gasteiger partial charge in [-0.25, -0.2) is 0 Å². The van der Waals surface area contributed by atoms with Gasteiger partial charge in [0.15, 0.2) is 0 Å². The molecule has 3 aliphatic rings. The summed E-state index contributed by atoms with van der Waals surface area (Å²) in [6.07, 6.45) is 4.60. The number of fused-ring (bicyclic) bond motifs is 2. The number of nitriles is 1. The van der Waals surface area contributed by atoms with Gasteiger partial charge in [-0.05, 0) is 56.4 Å². The first-order chi connectivity index (χ1) is 21.0. The Morgan fingerprint density at radius 2 is 1.95 bits per heavy atom. The molecule has 0 bridgehead atoms. The minimum absolute atomic E-state index is 0.143. The molecule has 224 valence electrons. The van der Waals surface area contributed by atoms with E-state index < -0.39 is 0 Å². The topological polar surface area (TPSA) is 98.1 Å². The summed E-state index contributed by atoms with van der Waals surface area (Å²) in [6, 6.07) is 15.2. The molecule has 43 heavy (non-hydrogen) atoms. The van der Waals surface area contributed by atoms with Gasteiger partial charge in [0.2, 0.25) is 5.91 Å². The van der Waals surface area contributed by atoms with E-state index in [0.29, 0.717) is 44.8 Å². The predicted octanol–water partition coefficient (Wildman–Crippen LogP) is 3.79. The summed E-state index contributed by atoms with van der Waals surface area (Å²) in [5.41, 5.74) is 3.16. The molecule has 0 saturated carbocycles. The maximum absolute atomic E-state index is 12.5. The average Bonchev–Trinajstić information content (AvgIpc) is 3.46. The van der Waals surface area contributed by atoms with Gasteiger partial charge in [0, 0.05) is 48.9 Å². The van der Waals surface area contributed by atoms with E-state index in [4.69, 9.17) is 19.4 Å². The summed E-state index contributed by atoms with van der Waals surface area (Å²) in [7, 11) is 3.85. The van der Waals surface area contributed by atoms with Crippen molar-refractivity contribution in [1.29, 1.82) is 5.26 Å². The van der Waals surface area contributed by atoms with Crippen molar-refractivity contribution >= 4 is 28.2 Å². The fourth-order valence-corrected chi connectivity index (χ4v) is 6.74. The number of piperazine rings is 1. The summed E-state index contributed by atoms with van der Waals surface area (Å²) < 4.78 is 12.1. The second-order valence-corrected chi connectivity index (χ2v) is 11.5. The number of amides is 1. The van der Waals surface area contributed by atoms with Gasteiger partial charge in [-0.3, -0.25) is 4.79 Å². The Balaban J connectivity index is 1.35. The average molecular weight is 582 g/mol. The monoisotopic (exact) mass is 581 g/mol. The molecule has 2 unspecified atom stereocenters. The molecule has 2 atom stereocenters. The van der Waals surface area contributed by atoms with E-state index in [2.05, 4.69) is 58.7 Å². The van der Waals surface area contributed by atoms with Gasteiger partial charge in [-0.15, -0.1) is 0 Å². The summed E-state index contributed by atoms with van der Waals surface area (Å²) in [6.45, 7) is 8.30. The standard InChI is InChI=1S/C33H39N7O3/c1-4-30(41)40-19-18-39(20-24(40)13-15-34)32-26-14-17-38(28-11-5-8-23-9-6-12-29(42-3)31(23)28)21-27(26)35-33(36-32)43-22-25-10-7-16-37(25)2/h4-6,8-9,11-12,24-25H,1,7,10,13-14,16-22H2,2-3H3. The number of anilines is 2. The third-order valence-electron chi connectivity index (χ3n) is 9.07. The number of ether oxygens (including phenoxy) is 2. The molecule has 2 fully saturated rings. The van der Waals surface area contributed by atoms with Gasteiger partial charge in [-0.2, -0.15) is 15.2 Å². The summed E-state index contributed by atoms with van der Waals surface area (Å²) in [5, 5.41) is 11.8. The number of nitrogens with zero attached hydrogens (tertiary/aromatic N) is 7. The van der Waals surface area contributed by atoms with Crippen molar-refractivity contribution in [1.82, 2.24) is 19.8 Å². The van der Waals surface area contributed by atoms with E-state index >= 15 is 0 Å². The van der Waals surface area contributed by atoms with Crippen molar-refractivity contribution in [2.45, 2.75) is 44.3 Å². The maximum atomic E-state index is 12.5. The highest BCUT2D eigenvalue weighted by Gasteiger charge is 2.34. The van der Waals surface area contributed by atoms with Crippen LogP contribution in [0.5, 0.6) is 11.8 Å². The highest BCUT2D eigenvalue weighted by Crippen LogP contribution is 2.38. The SMILES string of the molecule is C=CC(=O)N1CCN(c2nc(OCC3CCCN3C)nc3c2CCN(c2cccc4cccc(OC)c24)C3)CC1CC#N. The Morgan fingerprint density at radius 3 is 2.70 bits per heavy atom. The second-order valence-electron chi connectivity index (χ2n) is 11.5. The molecule has 2 aromatic carbocycles. The van der Waals surface area contributed by atoms with Crippen LogP contribution in [0.1, 0.15) is 30.5 Å². The fourth-order valence-electron chi connectivity index (χ4n) is 6.74. The van der Waals surface area contributed by atoms with Crippen molar-refractivity contribution in [3.05, 3.63) is 60.3 Å². The Kier molecular flexibility index (Phi) is 8.34. The molecule has 6 rings (SSSR count). The van der Waals surface area contributed by atoms with Gasteiger partial charge in [0.25, 0.3) is 0 Å². The van der Waals surface area contributed by atoms with Crippen LogP contribution in [-0.2, 0) is 17.8 Å². The zero-order valence-electron chi connectivity index (χ0n) is 25.0. The molecule has 2 saturated heterocycles. The van der Waals surface area contributed by atoms with Crippen molar-refractivity contribution < 1.29 is 14.3 Å². The Morgan fingerprint density at radius 1 is 1.12 bits per heavy atom. The first kappa shape index (κ1) is 28.7. The highest BCUT2D eigenvalue weighted by molar-refractivity contribution is 5.99. The molecule has 10 nitrogen and oxygen atoms in total. The first-order valence-corrected chi connectivity index (χ1v) is 15.1. The van der Waals surface area contributed by atoms with Gasteiger partial charge >= 0.3 is 6.01 Å². The van der Waals surface area contributed by atoms with Crippen LogP contribution in [0.3, 0.4) is 0 Å². The Hall–Kier alpha value is -4.36. The van der Waals surface area contributed by atoms with Gasteiger partial charge in [-0.1, -0.05) is 30.8 Å². The molecule has 0 radical (unpaired) electrons. The predicted molar refractivity (Wildman–Crippen MR) is 167 cm³/mol. The number of methoxy groups -OCH3 is 1. The Labute approximate surface area is 253 Å². The van der Waals surface area contributed by atoms with E-state index in [1.165, 1.54) is 6.08 Å². The number of rotatable bonds is 8. The number of benzene rings is 2. The number of hydrogen-bond donors (Lipinski definition) is 0. The largest absolute Gasteiger partial charge is 0.496 e. The number of aromatic nitrogens is 2. The molecule has 1 aromatic heterocycles. The van der Waals surface area contributed by atoms with Crippen LogP contribution in [0.4, 0.5) is 11.5 Å². The third-order valence-corrected chi connectivity index (χ3v) is 9.07. The van der Waals surface area contributed by atoms with Crippen LogP contribution >= 0.6 is 0 Å². The summed E-state index contributed by atoms with van der Waals surface area (Å²) in [4.78, 5) is 31.2. The zero-order valence-corrected chi connectivity index (χ0v) is 25.0. The van der Waals surface area contributed by atoms with Gasteiger partial charge < -0.3 is 29.1 Å². The number of hydrogen-bond acceptors (Lipinski definition) is 9. The van der Waals surface area contributed by atoms with Gasteiger partial charge in [0.1, 0.15) is 18.2 Å². The van der Waals surface area contributed by atoms with E-state index in [0.717, 1.165) is 71.6 Å². The summed E-state index contributed by atoms with van der Waals surface area (Å²) in [5.74, 6) is 1.56. The highest BCUT2D eigenvalue weighted by atomic mass is 16.5. The van der Waals surface area contributed by atoms with Crippen LogP contribution in [0.25, 0.3) is 10.8 Å². The molecular formula is C33H39N7O3. The van der Waals surface area contributed by atoms with E-state index in [9.17, 15) is 10.1 Å². The van der Waals surface area contributed by atoms with Crippen LogP contribution < -0.4 is 19.3 Å². The lowest BCUT2D eigenvalue weighted by Crippen LogP contribution is -2.55. The van der Waals surface area contributed by atoms with Crippen molar-refractivity contribution in [3.8, 4) is 17.8 Å². The molecular weight excluding hydrogens is 542 g/mol. The smallest absolute Gasteiger partial charge is 0.318 e. The van der Waals surface area contributed by atoms with Crippen molar-refractivity contribution in [3.63, 3.8) is 0 Å². The van der Waals surface area contributed by atoms with Crippen LogP contribution in [0.2, 0.25) is 0 Å². The lowest BCUT2D eigenvalue weighted by molar-refractivity contribution is -0.128. The van der Waals surface area contributed by atoms with E-state index in [1.54, 1.807) is 12.0 Å². The van der Waals surface area contributed by atoms with Crippen LogP contribution in [0, 0.1) is 11.3 Å². The number of carbonyl (C=O) groups is 1. The van der Waals surface area contributed by atoms with Gasteiger partial charge in [0.05, 0.1) is 37.9 Å². The summed E-state index contributed by atoms with van der Waals surface area (Å²) >= 11 is 0. The van der Waals surface area contributed by atoms with E-state index in [-0.39, 0.29) is 18.4 Å². The number of likely N-dealkylation sites (N-methyl/N-ethyl adjacent to an activating group) is 1. The van der Waals surface area contributed by atoms with Crippen molar-refractivity contribution in [2.75, 3.05) is 63.3 Å². The fraction of sp³-hybridized carbons (Fsp3) is 0.455. The number of carbonyl (C=O) groups excluding carboxylic acids is 1. The molecule has 3 aliphatic heterocycles. The lowest BCUT2D eigenvalue weighted by Gasteiger charge is -2.42. The first-order valence-electron chi connectivity index (χ1n) is 15.1. The molecule has 0 N–H and O–H groups in total. The van der Waals surface area contributed by atoms with Crippen LogP contribution in [0.15, 0.2) is 49.1 Å². The zero-order chi connectivity index (χ0) is 29.9. The lowest BCUT2D eigenvalue weighted by atomic mass is 10.0. The normalized spacial score (nSPS) is 20.5. The molecule has 1 amide bonds. The maximum Gasteiger partial charge on any atom is 0.318 e. The minimum atomic E-state index is -0.241. The quantitative estimate of drug-likeness (QED) is 0.368. The second kappa shape index (κ2) is 12.5. The molecule has 0 aliphatic carbocycles. The molecule has 0 spiro atoms. The minimum Gasteiger partial charge on any atom is -0.496 e.